The second kappa shape index (κ2) is 7.57. The van der Waals surface area contributed by atoms with Crippen molar-refractivity contribution in [1.82, 2.24) is 0 Å². The van der Waals surface area contributed by atoms with Crippen LogP contribution in [-0.2, 0) is 10.0 Å². The maximum atomic E-state index is 13.6. The van der Waals surface area contributed by atoms with Crippen molar-refractivity contribution in [2.45, 2.75) is 37.1 Å². The lowest BCUT2D eigenvalue weighted by Crippen LogP contribution is -2.43. The molecule has 2 atom stereocenters. The van der Waals surface area contributed by atoms with Gasteiger partial charge < -0.3 is 0 Å². The number of fused-ring (bicyclic) bond motifs is 1. The van der Waals surface area contributed by atoms with Gasteiger partial charge in [-0.1, -0.05) is 54.1 Å². The van der Waals surface area contributed by atoms with E-state index in [1.54, 1.807) is 0 Å². The van der Waals surface area contributed by atoms with Gasteiger partial charge in [0.25, 0.3) is 15.7 Å². The van der Waals surface area contributed by atoms with Gasteiger partial charge >= 0.3 is 0 Å². The number of rotatable bonds is 4. The quantitative estimate of drug-likeness (QED) is 0.437. The van der Waals surface area contributed by atoms with Gasteiger partial charge in [-0.15, -0.1) is 0 Å². The molecule has 0 saturated carbocycles. The summed E-state index contributed by atoms with van der Waals surface area (Å²) >= 11 is 0. The molecule has 0 spiro atoms. The molecule has 7 heteroatoms. The molecule has 30 heavy (non-hydrogen) atoms. The summed E-state index contributed by atoms with van der Waals surface area (Å²) in [5.74, 6) is 0.0765. The van der Waals surface area contributed by atoms with E-state index in [2.05, 4.69) is 12.1 Å². The number of non-ortho nitro benzene ring substituents is 1. The summed E-state index contributed by atoms with van der Waals surface area (Å²) in [6, 6.07) is 20.8. The van der Waals surface area contributed by atoms with Gasteiger partial charge in [0.15, 0.2) is 0 Å². The number of hydrogen-bond donors (Lipinski definition) is 0. The number of nitro groups is 1. The van der Waals surface area contributed by atoms with Gasteiger partial charge in [0, 0.05) is 24.1 Å². The fourth-order valence-electron chi connectivity index (χ4n) is 4.19. The molecule has 0 N–H and O–H groups in total. The Balaban J connectivity index is 1.86. The minimum absolute atomic E-state index is 0.0757. The summed E-state index contributed by atoms with van der Waals surface area (Å²) in [6.07, 6.45) is 0.620. The molecule has 6 nitrogen and oxygen atoms in total. The van der Waals surface area contributed by atoms with E-state index in [0.29, 0.717) is 12.1 Å². The van der Waals surface area contributed by atoms with E-state index < -0.39 is 14.9 Å². The van der Waals surface area contributed by atoms with Crippen molar-refractivity contribution in [1.29, 1.82) is 0 Å². The van der Waals surface area contributed by atoms with Crippen LogP contribution < -0.4 is 4.31 Å². The van der Waals surface area contributed by atoms with Crippen molar-refractivity contribution >= 4 is 21.4 Å². The van der Waals surface area contributed by atoms with Crippen LogP contribution in [-0.4, -0.2) is 19.4 Å². The lowest BCUT2D eigenvalue weighted by atomic mass is 9.82. The predicted molar refractivity (Wildman–Crippen MR) is 116 cm³/mol. The van der Waals surface area contributed by atoms with Gasteiger partial charge in [-0.05, 0) is 43.5 Å². The molecule has 0 aromatic heterocycles. The van der Waals surface area contributed by atoms with Gasteiger partial charge in [-0.2, -0.15) is 0 Å². The van der Waals surface area contributed by atoms with E-state index in [0.717, 1.165) is 22.8 Å². The monoisotopic (exact) mass is 422 g/mol. The largest absolute Gasteiger partial charge is 0.270 e. The van der Waals surface area contributed by atoms with Crippen LogP contribution in [0.25, 0.3) is 0 Å². The number of nitro benzene ring substituents is 1. The zero-order chi connectivity index (χ0) is 21.5. The van der Waals surface area contributed by atoms with Crippen LogP contribution in [0.4, 0.5) is 11.4 Å². The smallest absolute Gasteiger partial charge is 0.263 e. The van der Waals surface area contributed by atoms with Crippen LogP contribution in [0.5, 0.6) is 0 Å². The maximum Gasteiger partial charge on any atom is 0.270 e. The van der Waals surface area contributed by atoms with Crippen LogP contribution in [0, 0.1) is 17.0 Å². The fraction of sp³-hybridized carbons (Fsp3) is 0.217. The van der Waals surface area contributed by atoms with Gasteiger partial charge in [-0.3, -0.25) is 14.4 Å². The van der Waals surface area contributed by atoms with Crippen molar-refractivity contribution in [2.24, 2.45) is 0 Å². The molecule has 3 aromatic rings. The third kappa shape index (κ3) is 3.45. The molecule has 3 aromatic carbocycles. The first-order valence-electron chi connectivity index (χ1n) is 9.73. The summed E-state index contributed by atoms with van der Waals surface area (Å²) in [7, 11) is -3.97. The molecular formula is C23H22N2O4S. The Morgan fingerprint density at radius 3 is 2.43 bits per heavy atom. The summed E-state index contributed by atoms with van der Waals surface area (Å²) in [5.41, 5.74) is 3.53. The highest BCUT2D eigenvalue weighted by Crippen LogP contribution is 2.44. The minimum atomic E-state index is -3.97. The fourth-order valence-corrected chi connectivity index (χ4v) is 5.93. The molecule has 1 aliphatic rings. The highest BCUT2D eigenvalue weighted by molar-refractivity contribution is 7.92. The highest BCUT2D eigenvalue weighted by atomic mass is 32.2. The molecule has 0 aliphatic carbocycles. The van der Waals surface area contributed by atoms with Crippen molar-refractivity contribution in [3.8, 4) is 0 Å². The Hall–Kier alpha value is -3.19. The van der Waals surface area contributed by atoms with E-state index >= 15 is 0 Å². The molecule has 0 saturated heterocycles. The first-order valence-corrected chi connectivity index (χ1v) is 11.2. The third-order valence-electron chi connectivity index (χ3n) is 5.56. The molecule has 0 amide bonds. The van der Waals surface area contributed by atoms with Crippen LogP contribution in [0.3, 0.4) is 0 Å². The van der Waals surface area contributed by atoms with Crippen LogP contribution in [0.15, 0.2) is 77.7 Å². The van der Waals surface area contributed by atoms with Crippen molar-refractivity contribution in [3.63, 3.8) is 0 Å². The predicted octanol–water partition coefficient (Wildman–Crippen LogP) is 5.02. The summed E-state index contributed by atoms with van der Waals surface area (Å²) in [5, 5.41) is 11.2. The summed E-state index contributed by atoms with van der Waals surface area (Å²) in [6.45, 7) is 3.87. The molecule has 1 heterocycles. The molecule has 0 fully saturated rings. The zero-order valence-electron chi connectivity index (χ0n) is 16.7. The van der Waals surface area contributed by atoms with E-state index in [1.807, 2.05) is 50.2 Å². The Morgan fingerprint density at radius 1 is 1.00 bits per heavy atom. The van der Waals surface area contributed by atoms with Gasteiger partial charge in [-0.25, -0.2) is 8.42 Å². The summed E-state index contributed by atoms with van der Waals surface area (Å²) < 4.78 is 28.6. The summed E-state index contributed by atoms with van der Waals surface area (Å²) in [4.78, 5) is 10.5. The topological polar surface area (TPSA) is 80.5 Å². The van der Waals surface area contributed by atoms with Crippen LogP contribution in [0.2, 0.25) is 0 Å². The second-order valence-electron chi connectivity index (χ2n) is 7.67. The first kappa shape index (κ1) is 20.1. The van der Waals surface area contributed by atoms with Crippen LogP contribution in [0.1, 0.15) is 36.0 Å². The van der Waals surface area contributed by atoms with Crippen molar-refractivity contribution < 1.29 is 13.3 Å². The number of nitrogens with zero attached hydrogens (tertiary/aromatic N) is 2. The van der Waals surface area contributed by atoms with Crippen molar-refractivity contribution in [2.75, 3.05) is 4.31 Å². The molecule has 0 unspecified atom stereocenters. The molecule has 1 aliphatic heterocycles. The number of sulfonamides is 1. The lowest BCUT2D eigenvalue weighted by molar-refractivity contribution is -0.385. The normalized spacial score (nSPS) is 18.7. The van der Waals surface area contributed by atoms with E-state index in [9.17, 15) is 18.5 Å². The Kier molecular flexibility index (Phi) is 5.07. The van der Waals surface area contributed by atoms with E-state index in [1.165, 1.54) is 22.5 Å². The maximum absolute atomic E-state index is 13.6. The Bertz CT molecular complexity index is 1210. The first-order chi connectivity index (χ1) is 14.3. The Morgan fingerprint density at radius 2 is 1.73 bits per heavy atom. The molecule has 4 rings (SSSR count). The van der Waals surface area contributed by atoms with Gasteiger partial charge in [0.2, 0.25) is 0 Å². The van der Waals surface area contributed by atoms with E-state index in [-0.39, 0.29) is 22.5 Å². The average Bonchev–Trinajstić information content (AvgIpc) is 2.74. The molecule has 0 bridgehead atoms. The SMILES string of the molecule is Cc1ccc2c(c1)[C@@H](c1ccccc1)C[C@H](C)N2S(=O)(=O)c1cccc([N+](=O)[O-])c1. The molecular weight excluding hydrogens is 400 g/mol. The second-order valence-corrected chi connectivity index (χ2v) is 9.48. The van der Waals surface area contributed by atoms with Gasteiger partial charge in [0.1, 0.15) is 0 Å². The zero-order valence-corrected chi connectivity index (χ0v) is 17.5. The number of hydrogen-bond acceptors (Lipinski definition) is 4. The Labute approximate surface area is 176 Å². The molecule has 154 valence electrons. The third-order valence-corrected chi connectivity index (χ3v) is 7.48. The lowest BCUT2D eigenvalue weighted by Gasteiger charge is -2.40. The number of anilines is 1. The average molecular weight is 423 g/mol. The number of aryl methyl sites for hydroxylation is 1. The molecule has 0 radical (unpaired) electrons. The van der Waals surface area contributed by atoms with Crippen molar-refractivity contribution in [3.05, 3.63) is 99.6 Å². The minimum Gasteiger partial charge on any atom is -0.263 e. The van der Waals surface area contributed by atoms with Gasteiger partial charge in [0.05, 0.1) is 15.5 Å². The number of benzene rings is 3. The standard InChI is InChI=1S/C23H22N2O4S/c1-16-11-12-23-22(13-16)21(18-7-4-3-5-8-18)14-17(2)24(23)30(28,29)20-10-6-9-19(15-20)25(26)27/h3-13,15,17,21H,14H2,1-2H3/t17-,21+/m0/s1. The highest BCUT2D eigenvalue weighted by Gasteiger charge is 2.38. The van der Waals surface area contributed by atoms with Crippen LogP contribution >= 0.6 is 0 Å². The van der Waals surface area contributed by atoms with E-state index in [4.69, 9.17) is 0 Å².